The van der Waals surface area contributed by atoms with E-state index in [4.69, 9.17) is 5.73 Å². The molecule has 2 amide bonds. The van der Waals surface area contributed by atoms with Crippen molar-refractivity contribution in [3.63, 3.8) is 0 Å². The molecular weight excluding hydrogens is 206 g/mol. The Hall–Kier alpha value is -1.10. The van der Waals surface area contributed by atoms with Crippen LogP contribution in [0.15, 0.2) is 0 Å². The van der Waals surface area contributed by atoms with Gasteiger partial charge in [-0.15, -0.1) is 0 Å². The number of hydrogen-bond acceptors (Lipinski definition) is 3. The molecule has 0 aromatic heterocycles. The summed E-state index contributed by atoms with van der Waals surface area (Å²) < 4.78 is 0. The van der Waals surface area contributed by atoms with Crippen LogP contribution in [0.3, 0.4) is 0 Å². The van der Waals surface area contributed by atoms with Crippen LogP contribution in [0.1, 0.15) is 32.6 Å². The van der Waals surface area contributed by atoms with Crippen LogP contribution >= 0.6 is 0 Å². The van der Waals surface area contributed by atoms with Crippen molar-refractivity contribution >= 4 is 11.8 Å². The minimum absolute atomic E-state index is 0.104. The van der Waals surface area contributed by atoms with E-state index in [0.29, 0.717) is 13.1 Å². The molecule has 16 heavy (non-hydrogen) atoms. The lowest BCUT2D eigenvalue weighted by Crippen LogP contribution is -2.50. The summed E-state index contributed by atoms with van der Waals surface area (Å²) in [7, 11) is 0. The van der Waals surface area contributed by atoms with Gasteiger partial charge in [-0.25, -0.2) is 0 Å². The average molecular weight is 227 g/mol. The number of nitrogens with two attached hydrogens (primary N) is 1. The van der Waals surface area contributed by atoms with Crippen molar-refractivity contribution in [1.82, 2.24) is 10.6 Å². The first-order chi connectivity index (χ1) is 7.65. The molecular formula is C11H21N3O2. The second-order valence-electron chi connectivity index (χ2n) is 4.30. The highest BCUT2D eigenvalue weighted by Crippen LogP contribution is 2.27. The zero-order valence-corrected chi connectivity index (χ0v) is 9.79. The third kappa shape index (κ3) is 3.81. The van der Waals surface area contributed by atoms with Crippen LogP contribution in [0.2, 0.25) is 0 Å². The molecule has 0 aromatic rings. The highest BCUT2D eigenvalue weighted by atomic mass is 16.2. The average Bonchev–Trinajstić information content (AvgIpc) is 2.75. The van der Waals surface area contributed by atoms with Gasteiger partial charge in [0.05, 0.1) is 0 Å². The molecule has 0 bridgehead atoms. The highest BCUT2D eigenvalue weighted by molar-refractivity contribution is 5.87. The van der Waals surface area contributed by atoms with Crippen molar-refractivity contribution in [3.8, 4) is 0 Å². The number of nitrogens with one attached hydrogen (secondary N) is 2. The van der Waals surface area contributed by atoms with Crippen LogP contribution in [-0.2, 0) is 9.59 Å². The molecule has 0 heterocycles. The standard InChI is InChI=1S/C11H21N3O2/c1-8(15)14-10(9-4-2-3-5-9)11(16)13-7-6-12/h9-10H,2-7,12H2,1H3,(H,13,16)(H,14,15). The fourth-order valence-corrected chi connectivity index (χ4v) is 2.21. The molecule has 1 atom stereocenters. The summed E-state index contributed by atoms with van der Waals surface area (Å²) in [5, 5.41) is 5.47. The molecule has 1 rings (SSSR count). The lowest BCUT2D eigenvalue weighted by molar-refractivity contribution is -0.129. The maximum atomic E-state index is 11.8. The summed E-state index contributed by atoms with van der Waals surface area (Å²) in [6.07, 6.45) is 4.32. The Balaban J connectivity index is 2.54. The Kier molecular flexibility index (Phi) is 5.25. The van der Waals surface area contributed by atoms with Gasteiger partial charge >= 0.3 is 0 Å². The van der Waals surface area contributed by atoms with Crippen LogP contribution in [-0.4, -0.2) is 30.9 Å². The lowest BCUT2D eigenvalue weighted by atomic mass is 9.97. The van der Waals surface area contributed by atoms with E-state index in [2.05, 4.69) is 10.6 Å². The highest BCUT2D eigenvalue weighted by Gasteiger charge is 2.30. The Morgan fingerprint density at radius 3 is 2.50 bits per heavy atom. The van der Waals surface area contributed by atoms with E-state index in [1.807, 2.05) is 0 Å². The van der Waals surface area contributed by atoms with Crippen molar-refractivity contribution in [2.75, 3.05) is 13.1 Å². The SMILES string of the molecule is CC(=O)NC(C(=O)NCCN)C1CCCC1. The van der Waals surface area contributed by atoms with E-state index in [1.54, 1.807) is 0 Å². The molecule has 5 heteroatoms. The molecule has 1 fully saturated rings. The fraction of sp³-hybridized carbons (Fsp3) is 0.818. The normalized spacial score (nSPS) is 18.1. The van der Waals surface area contributed by atoms with Gasteiger partial charge in [-0.1, -0.05) is 12.8 Å². The van der Waals surface area contributed by atoms with Gasteiger partial charge in [0.15, 0.2) is 0 Å². The molecule has 5 nitrogen and oxygen atoms in total. The van der Waals surface area contributed by atoms with Crippen molar-refractivity contribution in [2.24, 2.45) is 11.7 Å². The van der Waals surface area contributed by atoms with E-state index in [0.717, 1.165) is 25.7 Å². The van der Waals surface area contributed by atoms with Crippen molar-refractivity contribution in [1.29, 1.82) is 0 Å². The van der Waals surface area contributed by atoms with Gasteiger partial charge in [0.25, 0.3) is 0 Å². The topological polar surface area (TPSA) is 84.2 Å². The summed E-state index contributed by atoms with van der Waals surface area (Å²) in [4.78, 5) is 22.9. The molecule has 0 radical (unpaired) electrons. The van der Waals surface area contributed by atoms with Gasteiger partial charge in [0.1, 0.15) is 6.04 Å². The smallest absolute Gasteiger partial charge is 0.242 e. The minimum atomic E-state index is -0.383. The van der Waals surface area contributed by atoms with Crippen LogP contribution in [0.4, 0.5) is 0 Å². The molecule has 1 aliphatic carbocycles. The molecule has 4 N–H and O–H groups in total. The molecule has 1 unspecified atom stereocenters. The Morgan fingerprint density at radius 1 is 1.38 bits per heavy atom. The number of amides is 2. The van der Waals surface area contributed by atoms with Crippen LogP contribution in [0.25, 0.3) is 0 Å². The molecule has 0 aromatic carbocycles. The van der Waals surface area contributed by atoms with Gasteiger partial charge in [-0.2, -0.15) is 0 Å². The quantitative estimate of drug-likeness (QED) is 0.606. The fourth-order valence-electron chi connectivity index (χ4n) is 2.21. The van der Waals surface area contributed by atoms with Gasteiger partial charge in [-0.05, 0) is 18.8 Å². The van der Waals surface area contributed by atoms with E-state index < -0.39 is 0 Å². The number of carbonyl (C=O) groups excluding carboxylic acids is 2. The number of hydrogen-bond donors (Lipinski definition) is 3. The molecule has 0 spiro atoms. The second kappa shape index (κ2) is 6.48. The second-order valence-corrected chi connectivity index (χ2v) is 4.30. The Bertz CT molecular complexity index is 250. The van der Waals surface area contributed by atoms with Crippen molar-refractivity contribution in [2.45, 2.75) is 38.6 Å². The van der Waals surface area contributed by atoms with Gasteiger partial charge < -0.3 is 16.4 Å². The Morgan fingerprint density at radius 2 is 2.00 bits per heavy atom. The van der Waals surface area contributed by atoms with E-state index in [1.165, 1.54) is 6.92 Å². The lowest BCUT2D eigenvalue weighted by Gasteiger charge is -2.23. The zero-order chi connectivity index (χ0) is 12.0. The summed E-state index contributed by atoms with van der Waals surface area (Å²) >= 11 is 0. The number of rotatable bonds is 5. The van der Waals surface area contributed by atoms with Gasteiger partial charge in [0.2, 0.25) is 11.8 Å². The summed E-state index contributed by atoms with van der Waals surface area (Å²) in [6.45, 7) is 2.32. The van der Waals surface area contributed by atoms with E-state index in [-0.39, 0.29) is 23.8 Å². The first-order valence-corrected chi connectivity index (χ1v) is 5.90. The molecule has 1 aliphatic rings. The summed E-state index contributed by atoms with van der Waals surface area (Å²) in [5.41, 5.74) is 5.33. The van der Waals surface area contributed by atoms with Gasteiger partial charge in [0, 0.05) is 20.0 Å². The molecule has 0 aliphatic heterocycles. The van der Waals surface area contributed by atoms with Crippen LogP contribution in [0.5, 0.6) is 0 Å². The Labute approximate surface area is 96.1 Å². The van der Waals surface area contributed by atoms with Crippen LogP contribution in [0, 0.1) is 5.92 Å². The largest absolute Gasteiger partial charge is 0.353 e. The minimum Gasteiger partial charge on any atom is -0.353 e. The predicted molar refractivity (Wildman–Crippen MR) is 61.6 cm³/mol. The number of carbonyl (C=O) groups is 2. The molecule has 92 valence electrons. The monoisotopic (exact) mass is 227 g/mol. The first kappa shape index (κ1) is 13.0. The predicted octanol–water partition coefficient (Wildman–Crippen LogP) is -0.244. The van der Waals surface area contributed by atoms with Gasteiger partial charge in [-0.3, -0.25) is 9.59 Å². The third-order valence-corrected chi connectivity index (χ3v) is 2.96. The van der Waals surface area contributed by atoms with Crippen molar-refractivity contribution < 1.29 is 9.59 Å². The summed E-state index contributed by atoms with van der Waals surface area (Å²) in [6, 6.07) is -0.383. The molecule has 0 saturated heterocycles. The van der Waals surface area contributed by atoms with Crippen LogP contribution < -0.4 is 16.4 Å². The first-order valence-electron chi connectivity index (χ1n) is 5.90. The van der Waals surface area contributed by atoms with E-state index in [9.17, 15) is 9.59 Å². The maximum absolute atomic E-state index is 11.8. The molecule has 1 saturated carbocycles. The van der Waals surface area contributed by atoms with Crippen molar-refractivity contribution in [3.05, 3.63) is 0 Å². The van der Waals surface area contributed by atoms with E-state index >= 15 is 0 Å². The third-order valence-electron chi connectivity index (χ3n) is 2.96. The maximum Gasteiger partial charge on any atom is 0.242 e. The summed E-state index contributed by atoms with van der Waals surface area (Å²) in [5.74, 6) is 0.0222. The zero-order valence-electron chi connectivity index (χ0n) is 9.79.